The van der Waals surface area contributed by atoms with Crippen LogP contribution in [0.1, 0.15) is 0 Å². The lowest BCUT2D eigenvalue weighted by molar-refractivity contribution is 0.281. The highest BCUT2D eigenvalue weighted by molar-refractivity contribution is 5.82. The number of benzene rings is 2. The van der Waals surface area contributed by atoms with Crippen LogP contribution in [-0.4, -0.2) is 41.6 Å². The molecule has 0 saturated carbocycles. The van der Waals surface area contributed by atoms with Crippen molar-refractivity contribution in [3.8, 4) is 16.9 Å². The molecule has 2 aromatic carbocycles. The van der Waals surface area contributed by atoms with Gasteiger partial charge in [-0.2, -0.15) is 0 Å². The van der Waals surface area contributed by atoms with E-state index in [2.05, 4.69) is 0 Å². The maximum Gasteiger partial charge on any atom is 0.116 e. The van der Waals surface area contributed by atoms with Gasteiger partial charge in [0.15, 0.2) is 0 Å². The molecule has 2 rings (SSSR count). The van der Waals surface area contributed by atoms with Crippen LogP contribution in [0.3, 0.4) is 0 Å². The maximum absolute atomic E-state index is 9.66. The van der Waals surface area contributed by atoms with E-state index in [9.17, 15) is 15.3 Å². The standard InChI is InChI=1S/C16H20N2O3/c17-13-4-5-16(18(6-8-19)7-9-20)15(11-13)12-2-1-3-14(21)10-12/h1-5,10-11,19-21H,6-9,17H2. The van der Waals surface area contributed by atoms with E-state index in [1.54, 1.807) is 24.3 Å². The van der Waals surface area contributed by atoms with E-state index < -0.39 is 0 Å². The van der Waals surface area contributed by atoms with Gasteiger partial charge in [-0.25, -0.2) is 0 Å². The Hall–Kier alpha value is -2.24. The minimum atomic E-state index is -0.0101. The smallest absolute Gasteiger partial charge is 0.116 e. The molecule has 21 heavy (non-hydrogen) atoms. The van der Waals surface area contributed by atoms with Gasteiger partial charge in [0.1, 0.15) is 5.75 Å². The van der Waals surface area contributed by atoms with Crippen molar-refractivity contribution in [3.63, 3.8) is 0 Å². The van der Waals surface area contributed by atoms with Crippen LogP contribution in [0.4, 0.5) is 11.4 Å². The van der Waals surface area contributed by atoms with Crippen LogP contribution in [0.25, 0.3) is 11.1 Å². The van der Waals surface area contributed by atoms with Gasteiger partial charge in [-0.3, -0.25) is 0 Å². The summed E-state index contributed by atoms with van der Waals surface area (Å²) in [6, 6.07) is 12.4. The second kappa shape index (κ2) is 6.97. The predicted molar refractivity (Wildman–Crippen MR) is 84.3 cm³/mol. The summed E-state index contributed by atoms with van der Waals surface area (Å²) in [5, 5.41) is 28.0. The van der Waals surface area contributed by atoms with Crippen LogP contribution in [0.2, 0.25) is 0 Å². The number of phenols is 1. The maximum atomic E-state index is 9.66. The Morgan fingerprint density at radius 3 is 2.29 bits per heavy atom. The minimum absolute atomic E-state index is 0.0101. The van der Waals surface area contributed by atoms with Gasteiger partial charge in [0.25, 0.3) is 0 Å². The molecule has 0 unspecified atom stereocenters. The first kappa shape index (κ1) is 15.2. The normalized spacial score (nSPS) is 10.6. The number of hydrogen-bond donors (Lipinski definition) is 4. The monoisotopic (exact) mass is 288 g/mol. The van der Waals surface area contributed by atoms with Crippen molar-refractivity contribution in [2.75, 3.05) is 36.9 Å². The molecule has 112 valence electrons. The molecule has 2 aromatic rings. The number of nitrogens with zero attached hydrogens (tertiary/aromatic N) is 1. The Labute approximate surface area is 123 Å². The van der Waals surface area contributed by atoms with Crippen molar-refractivity contribution >= 4 is 11.4 Å². The molecule has 5 heteroatoms. The van der Waals surface area contributed by atoms with E-state index in [0.29, 0.717) is 18.8 Å². The molecular formula is C16H20N2O3. The second-order valence-electron chi connectivity index (χ2n) is 4.76. The number of anilines is 2. The average Bonchev–Trinajstić information content (AvgIpc) is 2.47. The van der Waals surface area contributed by atoms with Gasteiger partial charge in [0.2, 0.25) is 0 Å². The number of aliphatic hydroxyl groups excluding tert-OH is 2. The Morgan fingerprint density at radius 2 is 1.67 bits per heavy atom. The van der Waals surface area contributed by atoms with Gasteiger partial charge in [-0.15, -0.1) is 0 Å². The van der Waals surface area contributed by atoms with Gasteiger partial charge in [0.05, 0.1) is 13.2 Å². The molecule has 0 radical (unpaired) electrons. The minimum Gasteiger partial charge on any atom is -0.508 e. The number of nitrogen functional groups attached to an aromatic ring is 1. The average molecular weight is 288 g/mol. The molecule has 0 amide bonds. The highest BCUT2D eigenvalue weighted by Crippen LogP contribution is 2.34. The molecule has 0 saturated heterocycles. The molecule has 0 aliphatic rings. The number of rotatable bonds is 6. The first-order valence-corrected chi connectivity index (χ1v) is 6.81. The van der Waals surface area contributed by atoms with Crippen LogP contribution in [-0.2, 0) is 0 Å². The first-order chi connectivity index (χ1) is 10.2. The predicted octanol–water partition coefficient (Wildman–Crippen LogP) is 1.43. The molecular weight excluding hydrogens is 268 g/mol. The third-order valence-corrected chi connectivity index (χ3v) is 3.26. The highest BCUT2D eigenvalue weighted by Gasteiger charge is 2.13. The van der Waals surface area contributed by atoms with Gasteiger partial charge >= 0.3 is 0 Å². The Balaban J connectivity index is 2.50. The van der Waals surface area contributed by atoms with Crippen molar-refractivity contribution in [2.24, 2.45) is 0 Å². The summed E-state index contributed by atoms with van der Waals surface area (Å²) in [5.41, 5.74) is 9.03. The van der Waals surface area contributed by atoms with E-state index in [1.165, 1.54) is 0 Å². The number of aromatic hydroxyl groups is 1. The van der Waals surface area contributed by atoms with Crippen LogP contribution in [0, 0.1) is 0 Å². The molecule has 5 N–H and O–H groups in total. The van der Waals surface area contributed by atoms with Crippen molar-refractivity contribution < 1.29 is 15.3 Å². The number of aliphatic hydroxyl groups is 2. The quantitative estimate of drug-likeness (QED) is 0.604. The molecule has 0 aliphatic heterocycles. The number of hydrogen-bond acceptors (Lipinski definition) is 5. The zero-order valence-corrected chi connectivity index (χ0v) is 11.7. The van der Waals surface area contributed by atoms with Crippen molar-refractivity contribution in [1.29, 1.82) is 0 Å². The fraction of sp³-hybridized carbons (Fsp3) is 0.250. The summed E-state index contributed by atoms with van der Waals surface area (Å²) < 4.78 is 0. The van der Waals surface area contributed by atoms with Crippen LogP contribution >= 0.6 is 0 Å². The third-order valence-electron chi connectivity index (χ3n) is 3.26. The van der Waals surface area contributed by atoms with Crippen LogP contribution < -0.4 is 10.6 Å². The fourth-order valence-electron chi connectivity index (χ4n) is 2.33. The lowest BCUT2D eigenvalue weighted by Crippen LogP contribution is -2.30. The number of nitrogens with two attached hydrogens (primary N) is 1. The van der Waals surface area contributed by atoms with E-state index in [-0.39, 0.29) is 19.0 Å². The van der Waals surface area contributed by atoms with Gasteiger partial charge in [-0.05, 0) is 35.9 Å². The van der Waals surface area contributed by atoms with Gasteiger partial charge in [0, 0.05) is 30.0 Å². The molecule has 0 aliphatic carbocycles. The topological polar surface area (TPSA) is 90.0 Å². The highest BCUT2D eigenvalue weighted by atomic mass is 16.3. The number of phenolic OH excluding ortho intramolecular Hbond substituents is 1. The summed E-state index contributed by atoms with van der Waals surface area (Å²) in [5.74, 6) is 0.178. The third kappa shape index (κ3) is 3.65. The summed E-state index contributed by atoms with van der Waals surface area (Å²) >= 11 is 0. The summed E-state index contributed by atoms with van der Waals surface area (Å²) in [4.78, 5) is 1.89. The molecule has 5 nitrogen and oxygen atoms in total. The van der Waals surface area contributed by atoms with Crippen molar-refractivity contribution in [2.45, 2.75) is 0 Å². The molecule has 0 aromatic heterocycles. The zero-order chi connectivity index (χ0) is 15.2. The lowest BCUT2D eigenvalue weighted by atomic mass is 10.0. The van der Waals surface area contributed by atoms with E-state index in [0.717, 1.165) is 16.8 Å². The molecule has 0 atom stereocenters. The van der Waals surface area contributed by atoms with E-state index in [4.69, 9.17) is 5.73 Å². The van der Waals surface area contributed by atoms with Crippen molar-refractivity contribution in [1.82, 2.24) is 0 Å². The largest absolute Gasteiger partial charge is 0.508 e. The Bertz CT molecular complexity index is 596. The van der Waals surface area contributed by atoms with E-state index in [1.807, 2.05) is 23.1 Å². The SMILES string of the molecule is Nc1ccc(N(CCO)CCO)c(-c2cccc(O)c2)c1. The zero-order valence-electron chi connectivity index (χ0n) is 11.7. The molecule has 0 heterocycles. The van der Waals surface area contributed by atoms with Crippen LogP contribution in [0.5, 0.6) is 5.75 Å². The van der Waals surface area contributed by atoms with Gasteiger partial charge < -0.3 is 26.0 Å². The molecule has 0 fully saturated rings. The summed E-state index contributed by atoms with van der Waals surface area (Å²) in [7, 11) is 0. The van der Waals surface area contributed by atoms with Gasteiger partial charge in [-0.1, -0.05) is 12.1 Å². The molecule has 0 spiro atoms. The lowest BCUT2D eigenvalue weighted by Gasteiger charge is -2.26. The molecule has 0 bridgehead atoms. The Morgan fingerprint density at radius 1 is 0.952 bits per heavy atom. The Kier molecular flexibility index (Phi) is 5.03. The summed E-state index contributed by atoms with van der Waals surface area (Å²) in [6.45, 7) is 0.806. The van der Waals surface area contributed by atoms with Crippen molar-refractivity contribution in [3.05, 3.63) is 42.5 Å². The first-order valence-electron chi connectivity index (χ1n) is 6.81. The van der Waals surface area contributed by atoms with E-state index >= 15 is 0 Å². The summed E-state index contributed by atoms with van der Waals surface area (Å²) in [6.07, 6.45) is 0. The van der Waals surface area contributed by atoms with Crippen LogP contribution in [0.15, 0.2) is 42.5 Å². The fourth-order valence-corrected chi connectivity index (χ4v) is 2.33. The second-order valence-corrected chi connectivity index (χ2v) is 4.76.